The number of ketones is 2. The largest absolute Gasteiger partial charge is 0.466 e. The lowest BCUT2D eigenvalue weighted by Crippen LogP contribution is -2.35. The number of rotatable bonds is 29. The summed E-state index contributed by atoms with van der Waals surface area (Å²) in [7, 11) is 0. The molecule has 0 aromatic heterocycles. The smallest absolute Gasteiger partial charge is 0.319 e. The number of fused-ring (bicyclic) bond motifs is 2. The number of hydrogen-bond donors (Lipinski definition) is 3. The number of Topliss-reactive ketones (excluding diaryl/α,β-unsaturated/α-hetero) is 2. The van der Waals surface area contributed by atoms with Gasteiger partial charge in [-0.25, -0.2) is 4.79 Å². The Morgan fingerprint density at radius 3 is 1.64 bits per heavy atom. The van der Waals surface area contributed by atoms with Crippen molar-refractivity contribution in [3.8, 4) is 0 Å². The summed E-state index contributed by atoms with van der Waals surface area (Å²) < 4.78 is 5.32. The van der Waals surface area contributed by atoms with Crippen molar-refractivity contribution in [2.24, 2.45) is 23.7 Å². The molecule has 0 saturated carbocycles. The molecule has 4 unspecified atom stereocenters. The van der Waals surface area contributed by atoms with Gasteiger partial charge in [0.2, 0.25) is 5.91 Å². The maximum Gasteiger partial charge on any atom is 0.319 e. The third-order valence-corrected chi connectivity index (χ3v) is 11.5. The molecule has 3 rings (SSSR count). The number of unbranched alkanes of at least 4 members (excludes halogenated alkanes) is 16. The van der Waals surface area contributed by atoms with Gasteiger partial charge in [0.05, 0.1) is 18.4 Å². The van der Waals surface area contributed by atoms with Gasteiger partial charge in [0.1, 0.15) is 0 Å². The van der Waals surface area contributed by atoms with Crippen LogP contribution in [0.3, 0.4) is 0 Å². The van der Waals surface area contributed by atoms with Crippen molar-refractivity contribution in [2.75, 3.05) is 25.0 Å². The molecule has 326 valence electrons. The van der Waals surface area contributed by atoms with Crippen molar-refractivity contribution in [1.82, 2.24) is 10.6 Å². The minimum atomic E-state index is -0.445. The first-order valence-electron chi connectivity index (χ1n) is 23.2. The minimum Gasteiger partial charge on any atom is -0.466 e. The lowest BCUT2D eigenvalue weighted by Gasteiger charge is -2.28. The van der Waals surface area contributed by atoms with E-state index in [1.807, 2.05) is 0 Å². The number of carbonyl (C=O) groups excluding carboxylic acids is 5. The number of urea groups is 1. The summed E-state index contributed by atoms with van der Waals surface area (Å²) in [5, 5.41) is 8.52. The molecule has 0 fully saturated rings. The normalized spacial score (nSPS) is 16.4. The summed E-state index contributed by atoms with van der Waals surface area (Å²) in [5.41, 5.74) is 1.32. The number of anilines is 1. The lowest BCUT2D eigenvalue weighted by atomic mass is 9.72. The van der Waals surface area contributed by atoms with Crippen molar-refractivity contribution in [2.45, 2.75) is 176 Å². The first-order valence-corrected chi connectivity index (χ1v) is 23.2. The quantitative estimate of drug-likeness (QED) is 0.0546. The van der Waals surface area contributed by atoms with Crippen LogP contribution in [0.4, 0.5) is 10.5 Å². The number of amides is 3. The molecule has 3 amide bonds. The van der Waals surface area contributed by atoms with Gasteiger partial charge in [-0.2, -0.15) is 0 Å². The molecular weight excluding hydrogens is 727 g/mol. The van der Waals surface area contributed by atoms with Gasteiger partial charge >= 0.3 is 12.0 Å². The summed E-state index contributed by atoms with van der Waals surface area (Å²) in [4.78, 5) is 60.8. The Hall–Kier alpha value is -3.75. The molecule has 2 aliphatic carbocycles. The van der Waals surface area contributed by atoms with Crippen LogP contribution in [0, 0.1) is 23.7 Å². The molecule has 3 N–H and O–H groups in total. The van der Waals surface area contributed by atoms with Gasteiger partial charge in [-0.3, -0.25) is 19.2 Å². The van der Waals surface area contributed by atoms with E-state index in [2.05, 4.69) is 50.6 Å². The summed E-state index contributed by atoms with van der Waals surface area (Å²) in [6.45, 7) is 12.5. The molecule has 1 aromatic rings. The summed E-state index contributed by atoms with van der Waals surface area (Å²) in [5.74, 6) is 0.0323. The number of ether oxygens (including phenoxy) is 1. The zero-order chi connectivity index (χ0) is 42.4. The Morgan fingerprint density at radius 2 is 1.09 bits per heavy atom. The maximum absolute atomic E-state index is 12.7. The molecule has 0 bridgehead atoms. The average molecular weight is 806 g/mol. The number of hydrogen-bond acceptors (Lipinski definition) is 6. The van der Waals surface area contributed by atoms with Gasteiger partial charge in [0.25, 0.3) is 0 Å². The highest BCUT2D eigenvalue weighted by atomic mass is 16.5. The van der Waals surface area contributed by atoms with Crippen LogP contribution in [0.15, 0.2) is 42.5 Å². The number of allylic oxidation sites excluding steroid dienone is 4. The molecule has 0 heterocycles. The first-order chi connectivity index (χ1) is 28.1. The van der Waals surface area contributed by atoms with Crippen LogP contribution in [-0.4, -0.2) is 49.2 Å². The Balaban J connectivity index is 0.000000413. The van der Waals surface area contributed by atoms with Crippen LogP contribution in [0.2, 0.25) is 0 Å². The topological polar surface area (TPSA) is 131 Å². The van der Waals surface area contributed by atoms with E-state index in [0.717, 1.165) is 51.5 Å². The first kappa shape index (κ1) is 50.4. The molecule has 4 atom stereocenters. The van der Waals surface area contributed by atoms with Crippen LogP contribution >= 0.6 is 0 Å². The molecule has 0 radical (unpaired) electrons. The predicted octanol–water partition coefficient (Wildman–Crippen LogP) is 12.1. The van der Waals surface area contributed by atoms with Crippen LogP contribution < -0.4 is 16.0 Å². The van der Waals surface area contributed by atoms with Gasteiger partial charge in [0.15, 0.2) is 11.6 Å². The molecule has 1 aromatic carbocycles. The Kier molecular flexibility index (Phi) is 27.1. The molecule has 58 heavy (non-hydrogen) atoms. The van der Waals surface area contributed by atoms with E-state index in [1.54, 1.807) is 42.5 Å². The van der Waals surface area contributed by atoms with E-state index < -0.39 is 11.8 Å². The van der Waals surface area contributed by atoms with Crippen molar-refractivity contribution in [3.63, 3.8) is 0 Å². The third-order valence-electron chi connectivity index (χ3n) is 11.5. The van der Waals surface area contributed by atoms with Gasteiger partial charge in [-0.1, -0.05) is 162 Å². The predicted molar refractivity (Wildman–Crippen MR) is 238 cm³/mol. The number of benzene rings is 1. The average Bonchev–Trinajstić information content (AvgIpc) is 3.23. The molecular formula is C49H79N3O6. The molecule has 9 nitrogen and oxygen atoms in total. The van der Waals surface area contributed by atoms with E-state index in [9.17, 15) is 24.0 Å². The van der Waals surface area contributed by atoms with Crippen molar-refractivity contribution < 1.29 is 28.7 Å². The van der Waals surface area contributed by atoms with Crippen molar-refractivity contribution in [3.05, 3.63) is 53.6 Å². The van der Waals surface area contributed by atoms with Crippen LogP contribution in [0.5, 0.6) is 0 Å². The summed E-state index contributed by atoms with van der Waals surface area (Å²) >= 11 is 0. The van der Waals surface area contributed by atoms with E-state index in [1.165, 1.54) is 83.5 Å². The lowest BCUT2D eigenvalue weighted by molar-refractivity contribution is -0.144. The summed E-state index contributed by atoms with van der Waals surface area (Å²) in [6, 6.07) is 4.58. The maximum atomic E-state index is 12.7. The molecule has 2 aliphatic rings. The van der Waals surface area contributed by atoms with E-state index in [0.29, 0.717) is 54.6 Å². The molecule has 9 heteroatoms. The van der Waals surface area contributed by atoms with Crippen molar-refractivity contribution in [1.29, 1.82) is 0 Å². The Bertz CT molecular complexity index is 1420. The third kappa shape index (κ3) is 21.3. The Morgan fingerprint density at radius 1 is 0.603 bits per heavy atom. The standard InChI is InChI=1S/C29H57NO3.C20H22N2O3/c1-4-6-7-8-9-10-11-12-13-14-15-16-17-18-21-24-29(32)33-25-22-19-20-23-28(31)30-26-27(3)5-2;1-3-12(2)11-21-20(25)22-13-8-9-16-17(10-13)19(24)15-7-5-4-6-14(15)18(16)23/h27H,4-26H2,1-3H3,(H,30,31);4-10,12,14-15H,3,11H2,1-2H3,(H2,21,22,25). The van der Waals surface area contributed by atoms with Gasteiger partial charge in [0, 0.05) is 42.7 Å². The summed E-state index contributed by atoms with van der Waals surface area (Å²) in [6.07, 6.45) is 33.0. The molecule has 0 aliphatic heterocycles. The van der Waals surface area contributed by atoms with Gasteiger partial charge in [-0.05, 0) is 55.7 Å². The van der Waals surface area contributed by atoms with E-state index in [-0.39, 0.29) is 29.5 Å². The minimum absolute atomic E-state index is 0.0482. The Labute approximate surface area is 351 Å². The zero-order valence-electron chi connectivity index (χ0n) is 37.0. The van der Waals surface area contributed by atoms with Gasteiger partial charge < -0.3 is 20.7 Å². The highest BCUT2D eigenvalue weighted by Crippen LogP contribution is 2.35. The second-order valence-corrected chi connectivity index (χ2v) is 16.7. The van der Waals surface area contributed by atoms with E-state index >= 15 is 0 Å². The number of esters is 1. The number of carbonyl (C=O) groups is 5. The van der Waals surface area contributed by atoms with Crippen molar-refractivity contribution >= 4 is 35.2 Å². The molecule has 0 spiro atoms. The highest BCUT2D eigenvalue weighted by Gasteiger charge is 2.39. The number of nitrogens with one attached hydrogen (secondary N) is 3. The fourth-order valence-corrected chi connectivity index (χ4v) is 7.08. The zero-order valence-corrected chi connectivity index (χ0v) is 37.0. The SMILES string of the molecule is CCC(C)CNC(=O)Nc1ccc2c(c1)C(=O)C1C=CC=CC1C2=O.CCCCCCCCCCCCCCCCCC(=O)OCCCCCC(=O)NCC(C)CC. The second kappa shape index (κ2) is 31.2. The van der Waals surface area contributed by atoms with E-state index in [4.69, 9.17) is 4.74 Å². The fourth-order valence-electron chi connectivity index (χ4n) is 7.08. The monoisotopic (exact) mass is 806 g/mol. The second-order valence-electron chi connectivity index (χ2n) is 16.7. The van der Waals surface area contributed by atoms with Gasteiger partial charge in [-0.15, -0.1) is 0 Å². The molecule has 0 saturated heterocycles. The van der Waals surface area contributed by atoms with Crippen LogP contribution in [-0.2, 0) is 14.3 Å². The van der Waals surface area contributed by atoms with Crippen LogP contribution in [0.1, 0.15) is 197 Å². The highest BCUT2D eigenvalue weighted by molar-refractivity contribution is 6.18. The fraction of sp³-hybridized carbons (Fsp3) is 0.694. The van der Waals surface area contributed by atoms with Crippen LogP contribution in [0.25, 0.3) is 0 Å².